The van der Waals surface area contributed by atoms with Gasteiger partial charge in [-0.1, -0.05) is 6.07 Å². The van der Waals surface area contributed by atoms with Gasteiger partial charge in [-0.3, -0.25) is 4.79 Å². The van der Waals surface area contributed by atoms with Crippen LogP contribution in [0, 0.1) is 0 Å². The summed E-state index contributed by atoms with van der Waals surface area (Å²) in [5, 5.41) is 12.0. The third-order valence-corrected chi connectivity index (χ3v) is 4.53. The molecule has 1 saturated heterocycles. The third-order valence-electron chi connectivity index (χ3n) is 4.53. The summed E-state index contributed by atoms with van der Waals surface area (Å²) in [5.74, 6) is -5.25. The van der Waals surface area contributed by atoms with Gasteiger partial charge in [-0.2, -0.15) is 8.78 Å². The predicted octanol–water partition coefficient (Wildman–Crippen LogP) is 2.01. The molecule has 1 heterocycles. The monoisotopic (exact) mass is 326 g/mol. The predicted molar refractivity (Wildman–Crippen MR) is 81.9 cm³/mol. The number of ether oxygens (including phenoxy) is 1. The van der Waals surface area contributed by atoms with Gasteiger partial charge in [0.15, 0.2) is 0 Å². The molecule has 1 aliphatic heterocycles. The van der Waals surface area contributed by atoms with E-state index in [4.69, 9.17) is 4.74 Å². The number of halogens is 2. The first-order chi connectivity index (χ1) is 10.9. The van der Waals surface area contributed by atoms with Crippen molar-refractivity contribution in [3.05, 3.63) is 24.3 Å². The highest BCUT2D eigenvalue weighted by molar-refractivity contribution is 5.97. The second-order valence-electron chi connectivity index (χ2n) is 6.06. The molecule has 0 radical (unpaired) electrons. The van der Waals surface area contributed by atoms with Crippen LogP contribution in [0.5, 0.6) is 0 Å². The van der Waals surface area contributed by atoms with Gasteiger partial charge in [0.05, 0.1) is 13.2 Å². The third kappa shape index (κ3) is 3.03. The molecule has 5 nitrogen and oxygen atoms in total. The molecule has 0 spiro atoms. The number of nitrogens with one attached hydrogen (secondary N) is 1. The van der Waals surface area contributed by atoms with Crippen molar-refractivity contribution in [3.63, 3.8) is 0 Å². The molecule has 1 aromatic rings. The minimum Gasteiger partial charge on any atom is -0.383 e. The number of benzene rings is 1. The van der Waals surface area contributed by atoms with E-state index in [9.17, 15) is 18.7 Å². The highest BCUT2D eigenvalue weighted by Crippen LogP contribution is 2.44. The molecular weight excluding hydrogens is 306 g/mol. The molecule has 1 amide bonds. The minimum atomic E-state index is -3.79. The van der Waals surface area contributed by atoms with Crippen molar-refractivity contribution in [2.24, 2.45) is 0 Å². The Labute approximate surface area is 133 Å². The Morgan fingerprint density at radius 3 is 2.61 bits per heavy atom. The molecule has 0 aromatic heterocycles. The van der Waals surface area contributed by atoms with Crippen LogP contribution in [-0.4, -0.2) is 48.8 Å². The summed E-state index contributed by atoms with van der Waals surface area (Å²) in [6.45, 7) is 2.66. The molecule has 0 unspecified atom stereocenters. The van der Waals surface area contributed by atoms with E-state index in [0.717, 1.165) is 5.69 Å². The molecule has 3 rings (SSSR count). The number of carbonyl (C=O) groups excluding carboxylic acids is 1. The zero-order chi connectivity index (χ0) is 16.5. The highest BCUT2D eigenvalue weighted by atomic mass is 19.3. The van der Waals surface area contributed by atoms with E-state index in [1.165, 1.54) is 0 Å². The molecule has 23 heavy (non-hydrogen) atoms. The van der Waals surface area contributed by atoms with Crippen LogP contribution in [0.3, 0.4) is 0 Å². The lowest BCUT2D eigenvalue weighted by atomic mass is 9.75. The van der Waals surface area contributed by atoms with E-state index in [1.54, 1.807) is 18.2 Å². The first kappa shape index (κ1) is 16.1. The molecule has 0 bridgehead atoms. The first-order valence-electron chi connectivity index (χ1n) is 7.77. The van der Waals surface area contributed by atoms with Crippen molar-refractivity contribution >= 4 is 17.3 Å². The van der Waals surface area contributed by atoms with E-state index in [0.29, 0.717) is 38.4 Å². The number of carbonyl (C=O) groups is 1. The van der Waals surface area contributed by atoms with Crippen molar-refractivity contribution in [2.75, 3.05) is 36.5 Å². The van der Waals surface area contributed by atoms with Crippen LogP contribution in [-0.2, 0) is 9.53 Å². The SMILES string of the molecule is O=C(Nc1cccc(N2CCOCC2)c1)C(F)(F)C1(O)CCC1. The fourth-order valence-corrected chi connectivity index (χ4v) is 2.85. The second kappa shape index (κ2) is 6.05. The summed E-state index contributed by atoms with van der Waals surface area (Å²) in [6.07, 6.45) is 0.397. The summed E-state index contributed by atoms with van der Waals surface area (Å²) in [5.41, 5.74) is -1.07. The molecular formula is C16H20F2N2O3. The summed E-state index contributed by atoms with van der Waals surface area (Å²) in [7, 11) is 0. The Kier molecular flexibility index (Phi) is 4.25. The molecule has 126 valence electrons. The van der Waals surface area contributed by atoms with Gasteiger partial charge in [-0.15, -0.1) is 0 Å². The molecule has 2 aliphatic rings. The average molecular weight is 326 g/mol. The zero-order valence-corrected chi connectivity index (χ0v) is 12.7. The number of alkyl halides is 2. The summed E-state index contributed by atoms with van der Waals surface area (Å²) < 4.78 is 33.5. The Bertz CT molecular complexity index is 584. The fraction of sp³-hybridized carbons (Fsp3) is 0.562. The highest BCUT2D eigenvalue weighted by Gasteiger charge is 2.61. The van der Waals surface area contributed by atoms with Crippen LogP contribution in [0.15, 0.2) is 24.3 Å². The quantitative estimate of drug-likeness (QED) is 0.888. The van der Waals surface area contributed by atoms with Crippen LogP contribution in [0.1, 0.15) is 19.3 Å². The lowest BCUT2D eigenvalue weighted by Crippen LogP contribution is -2.59. The summed E-state index contributed by atoms with van der Waals surface area (Å²) in [4.78, 5) is 14.0. The second-order valence-corrected chi connectivity index (χ2v) is 6.06. The van der Waals surface area contributed by atoms with Gasteiger partial charge in [0, 0.05) is 24.5 Å². The van der Waals surface area contributed by atoms with Crippen molar-refractivity contribution in [1.29, 1.82) is 0 Å². The number of morpholine rings is 1. The van der Waals surface area contributed by atoms with E-state index >= 15 is 0 Å². The lowest BCUT2D eigenvalue weighted by Gasteiger charge is -2.41. The smallest absolute Gasteiger partial charge is 0.352 e. The fourth-order valence-electron chi connectivity index (χ4n) is 2.85. The van der Waals surface area contributed by atoms with Gasteiger partial charge < -0.3 is 20.1 Å². The number of hydrogen-bond acceptors (Lipinski definition) is 4. The standard InChI is InChI=1S/C16H20F2N2O3/c17-16(18,15(22)5-2-6-15)14(21)19-12-3-1-4-13(11-12)20-7-9-23-10-8-20/h1,3-4,11,22H,2,5-10H2,(H,19,21). The summed E-state index contributed by atoms with van der Waals surface area (Å²) >= 11 is 0. The molecule has 1 saturated carbocycles. The maximum atomic E-state index is 14.1. The number of aliphatic hydroxyl groups is 1. The summed E-state index contributed by atoms with van der Waals surface area (Å²) in [6, 6.07) is 6.78. The van der Waals surface area contributed by atoms with Gasteiger partial charge in [-0.05, 0) is 37.5 Å². The van der Waals surface area contributed by atoms with E-state index in [2.05, 4.69) is 10.2 Å². The molecule has 1 aromatic carbocycles. The molecule has 7 heteroatoms. The lowest BCUT2D eigenvalue weighted by molar-refractivity contribution is -0.212. The van der Waals surface area contributed by atoms with Crippen LogP contribution in [0.4, 0.5) is 20.2 Å². The van der Waals surface area contributed by atoms with Crippen molar-refractivity contribution < 1.29 is 23.4 Å². The van der Waals surface area contributed by atoms with E-state index in [1.807, 2.05) is 6.07 Å². The van der Waals surface area contributed by atoms with Gasteiger partial charge in [0.25, 0.3) is 5.91 Å². The first-order valence-corrected chi connectivity index (χ1v) is 7.77. The van der Waals surface area contributed by atoms with E-state index < -0.39 is 17.4 Å². The number of nitrogens with zero attached hydrogens (tertiary/aromatic N) is 1. The van der Waals surface area contributed by atoms with Crippen LogP contribution in [0.25, 0.3) is 0 Å². The number of anilines is 2. The molecule has 0 atom stereocenters. The zero-order valence-electron chi connectivity index (χ0n) is 12.7. The number of amides is 1. The number of rotatable bonds is 4. The van der Waals surface area contributed by atoms with Crippen molar-refractivity contribution in [1.82, 2.24) is 0 Å². The van der Waals surface area contributed by atoms with E-state index in [-0.39, 0.29) is 12.8 Å². The Morgan fingerprint density at radius 2 is 2.00 bits per heavy atom. The van der Waals surface area contributed by atoms with Gasteiger partial charge in [0.1, 0.15) is 5.60 Å². The normalized spacial score (nSPS) is 20.7. The van der Waals surface area contributed by atoms with Crippen LogP contribution >= 0.6 is 0 Å². The van der Waals surface area contributed by atoms with Gasteiger partial charge >= 0.3 is 5.92 Å². The topological polar surface area (TPSA) is 61.8 Å². The molecule has 2 N–H and O–H groups in total. The Balaban J connectivity index is 1.71. The van der Waals surface area contributed by atoms with Crippen LogP contribution in [0.2, 0.25) is 0 Å². The maximum Gasteiger partial charge on any atom is 0.352 e. The maximum absolute atomic E-state index is 14.1. The number of hydrogen-bond donors (Lipinski definition) is 2. The van der Waals surface area contributed by atoms with Crippen LogP contribution < -0.4 is 10.2 Å². The average Bonchev–Trinajstić information content (AvgIpc) is 2.53. The van der Waals surface area contributed by atoms with Crippen molar-refractivity contribution in [2.45, 2.75) is 30.8 Å². The van der Waals surface area contributed by atoms with Gasteiger partial charge in [0.2, 0.25) is 0 Å². The van der Waals surface area contributed by atoms with Crippen molar-refractivity contribution in [3.8, 4) is 0 Å². The van der Waals surface area contributed by atoms with Gasteiger partial charge in [-0.25, -0.2) is 0 Å². The Morgan fingerprint density at radius 1 is 1.30 bits per heavy atom. The molecule has 1 aliphatic carbocycles. The molecule has 2 fully saturated rings. The minimum absolute atomic E-state index is 0.0543. The largest absolute Gasteiger partial charge is 0.383 e. The Hall–Kier alpha value is -1.73.